The van der Waals surface area contributed by atoms with E-state index in [9.17, 15) is 4.21 Å². The van der Waals surface area contributed by atoms with Crippen LogP contribution >= 0.6 is 11.6 Å². The molecule has 0 saturated heterocycles. The number of hydrogen-bond donors (Lipinski definition) is 1. The lowest BCUT2D eigenvalue weighted by molar-refractivity contribution is 0.686. The minimum Gasteiger partial charge on any atom is -0.381 e. The van der Waals surface area contributed by atoms with Crippen molar-refractivity contribution < 1.29 is 4.21 Å². The molecule has 0 spiro atoms. The summed E-state index contributed by atoms with van der Waals surface area (Å²) in [4.78, 5) is 0. The predicted molar refractivity (Wildman–Crippen MR) is 87.7 cm³/mol. The van der Waals surface area contributed by atoms with E-state index < -0.39 is 10.8 Å². The lowest BCUT2D eigenvalue weighted by Crippen LogP contribution is -2.01. The van der Waals surface area contributed by atoms with E-state index in [4.69, 9.17) is 16.9 Å². The normalized spacial score (nSPS) is 11.7. The molecule has 0 bridgehead atoms. The molecule has 0 heterocycles. The molecule has 0 radical (unpaired) electrons. The topological polar surface area (TPSA) is 52.9 Å². The molecule has 0 saturated carbocycles. The molecule has 2 rings (SSSR count). The summed E-state index contributed by atoms with van der Waals surface area (Å²) in [7, 11) is -0.928. The first-order valence-electron chi connectivity index (χ1n) is 6.40. The van der Waals surface area contributed by atoms with Gasteiger partial charge in [-0.2, -0.15) is 5.26 Å². The van der Waals surface area contributed by atoms with Gasteiger partial charge in [0.1, 0.15) is 0 Å². The average molecular weight is 319 g/mol. The zero-order valence-electron chi connectivity index (χ0n) is 11.6. The van der Waals surface area contributed by atoms with E-state index in [0.717, 1.165) is 16.8 Å². The van der Waals surface area contributed by atoms with E-state index in [-0.39, 0.29) is 0 Å². The molecule has 2 aromatic rings. The van der Waals surface area contributed by atoms with Crippen molar-refractivity contribution in [3.05, 3.63) is 64.2 Å². The quantitative estimate of drug-likeness (QED) is 0.914. The second kappa shape index (κ2) is 7.26. The summed E-state index contributed by atoms with van der Waals surface area (Å²) in [6, 6.07) is 15.2. The summed E-state index contributed by atoms with van der Waals surface area (Å²) in [6.07, 6.45) is 1.66. The second-order valence-electron chi connectivity index (χ2n) is 4.69. The molecule has 108 valence electrons. The lowest BCUT2D eigenvalue weighted by atomic mass is 10.1. The Bertz CT molecular complexity index is 710. The van der Waals surface area contributed by atoms with Gasteiger partial charge in [-0.25, -0.2) is 0 Å². The van der Waals surface area contributed by atoms with E-state index in [0.29, 0.717) is 22.9 Å². The van der Waals surface area contributed by atoms with Gasteiger partial charge in [-0.15, -0.1) is 0 Å². The highest BCUT2D eigenvalue weighted by atomic mass is 35.5. The molecule has 0 aliphatic carbocycles. The Hall–Kier alpha value is -1.83. The van der Waals surface area contributed by atoms with Crippen molar-refractivity contribution in [2.24, 2.45) is 0 Å². The van der Waals surface area contributed by atoms with Crippen LogP contribution in [0.25, 0.3) is 0 Å². The molecule has 2 aromatic carbocycles. The van der Waals surface area contributed by atoms with Crippen molar-refractivity contribution in [3.63, 3.8) is 0 Å². The molecule has 0 amide bonds. The van der Waals surface area contributed by atoms with Crippen LogP contribution in [0.1, 0.15) is 16.7 Å². The maximum absolute atomic E-state index is 11.3. The largest absolute Gasteiger partial charge is 0.381 e. The van der Waals surface area contributed by atoms with Crippen molar-refractivity contribution in [2.75, 3.05) is 11.6 Å². The van der Waals surface area contributed by atoms with E-state index in [1.165, 1.54) is 0 Å². The van der Waals surface area contributed by atoms with Crippen LogP contribution in [0.3, 0.4) is 0 Å². The Morgan fingerprint density at radius 3 is 2.81 bits per heavy atom. The minimum absolute atomic E-state index is 0.443. The highest BCUT2D eigenvalue weighted by molar-refractivity contribution is 7.83. The third kappa shape index (κ3) is 4.59. The molecule has 1 N–H and O–H groups in total. The molecule has 5 heteroatoms. The van der Waals surface area contributed by atoms with Gasteiger partial charge in [0.05, 0.1) is 11.6 Å². The molecule has 3 nitrogen and oxygen atoms in total. The first kappa shape index (κ1) is 15.6. The molecular formula is C16H15ClN2OS. The average Bonchev–Trinajstić information content (AvgIpc) is 2.48. The van der Waals surface area contributed by atoms with Crippen molar-refractivity contribution in [1.82, 2.24) is 0 Å². The first-order chi connectivity index (χ1) is 10.1. The summed E-state index contributed by atoms with van der Waals surface area (Å²) >= 11 is 6.10. The second-order valence-corrected chi connectivity index (χ2v) is 6.53. The van der Waals surface area contributed by atoms with Gasteiger partial charge >= 0.3 is 0 Å². The monoisotopic (exact) mass is 318 g/mol. The van der Waals surface area contributed by atoms with E-state index in [1.807, 2.05) is 30.3 Å². The Balaban J connectivity index is 2.09. The van der Waals surface area contributed by atoms with Gasteiger partial charge in [0.15, 0.2) is 0 Å². The fourth-order valence-corrected chi connectivity index (χ4v) is 2.91. The summed E-state index contributed by atoms with van der Waals surface area (Å²) in [5.41, 5.74) is 3.47. The standard InChI is InChI=1S/C16H15ClN2OS/c1-21(20)11-14-8-15(5-6-16(14)17)19-10-13-4-2-3-12(7-13)9-18/h2-8,19H,10-11H2,1H3/t21-/m0/s1. The lowest BCUT2D eigenvalue weighted by Gasteiger charge is -2.10. The SMILES string of the molecule is C[S@](=O)Cc1cc(NCc2cccc(C#N)c2)ccc1Cl. The first-order valence-corrected chi connectivity index (χ1v) is 8.50. The van der Waals surface area contributed by atoms with Gasteiger partial charge in [0, 0.05) is 40.1 Å². The number of anilines is 1. The van der Waals surface area contributed by atoms with Gasteiger partial charge in [0.25, 0.3) is 0 Å². The van der Waals surface area contributed by atoms with Crippen molar-refractivity contribution in [3.8, 4) is 6.07 Å². The zero-order chi connectivity index (χ0) is 15.2. The van der Waals surface area contributed by atoms with Crippen LogP contribution in [-0.2, 0) is 23.1 Å². The van der Waals surface area contributed by atoms with Gasteiger partial charge in [-0.05, 0) is 41.5 Å². The van der Waals surface area contributed by atoms with E-state index >= 15 is 0 Å². The van der Waals surface area contributed by atoms with Gasteiger partial charge in [0.2, 0.25) is 0 Å². The number of nitrogens with zero attached hydrogens (tertiary/aromatic N) is 1. The molecule has 0 aliphatic rings. The van der Waals surface area contributed by atoms with E-state index in [2.05, 4.69) is 11.4 Å². The Labute approximate surface area is 132 Å². The number of nitriles is 1. The highest BCUT2D eigenvalue weighted by Crippen LogP contribution is 2.22. The van der Waals surface area contributed by atoms with E-state index in [1.54, 1.807) is 18.4 Å². The zero-order valence-corrected chi connectivity index (χ0v) is 13.2. The van der Waals surface area contributed by atoms with Crippen LogP contribution < -0.4 is 5.32 Å². The van der Waals surface area contributed by atoms with Crippen LogP contribution in [0.5, 0.6) is 0 Å². The third-order valence-electron chi connectivity index (χ3n) is 2.96. The Morgan fingerprint density at radius 2 is 2.10 bits per heavy atom. The molecular weight excluding hydrogens is 304 g/mol. The minimum atomic E-state index is -0.928. The van der Waals surface area contributed by atoms with Crippen LogP contribution in [0.2, 0.25) is 5.02 Å². The third-order valence-corrected chi connectivity index (χ3v) is 4.04. The summed E-state index contributed by atoms with van der Waals surface area (Å²) in [6.45, 7) is 0.617. The maximum Gasteiger partial charge on any atom is 0.0991 e. The summed E-state index contributed by atoms with van der Waals surface area (Å²) in [5, 5.41) is 12.8. The number of rotatable bonds is 5. The smallest absolute Gasteiger partial charge is 0.0991 e. The summed E-state index contributed by atoms with van der Waals surface area (Å²) < 4.78 is 11.3. The molecule has 1 atom stereocenters. The summed E-state index contributed by atoms with van der Waals surface area (Å²) in [5.74, 6) is 0.443. The fraction of sp³-hybridized carbons (Fsp3) is 0.188. The van der Waals surface area contributed by atoms with Crippen molar-refractivity contribution >= 4 is 28.1 Å². The van der Waals surface area contributed by atoms with Crippen LogP contribution in [0.15, 0.2) is 42.5 Å². The molecule has 0 unspecified atom stereocenters. The fourth-order valence-electron chi connectivity index (χ4n) is 1.97. The Kier molecular flexibility index (Phi) is 5.38. The number of hydrogen-bond acceptors (Lipinski definition) is 3. The van der Waals surface area contributed by atoms with Crippen LogP contribution in [0, 0.1) is 11.3 Å². The number of nitrogens with one attached hydrogen (secondary N) is 1. The van der Waals surface area contributed by atoms with Gasteiger partial charge in [-0.1, -0.05) is 23.7 Å². The maximum atomic E-state index is 11.3. The number of halogens is 1. The van der Waals surface area contributed by atoms with Crippen LogP contribution in [0.4, 0.5) is 5.69 Å². The van der Waals surface area contributed by atoms with Crippen molar-refractivity contribution in [2.45, 2.75) is 12.3 Å². The Morgan fingerprint density at radius 1 is 1.29 bits per heavy atom. The van der Waals surface area contributed by atoms with Crippen LogP contribution in [-0.4, -0.2) is 10.5 Å². The molecule has 0 aliphatic heterocycles. The van der Waals surface area contributed by atoms with Gasteiger partial charge < -0.3 is 5.32 Å². The predicted octanol–water partition coefficient (Wildman–Crippen LogP) is 3.70. The molecule has 21 heavy (non-hydrogen) atoms. The van der Waals surface area contributed by atoms with Crippen molar-refractivity contribution in [1.29, 1.82) is 5.26 Å². The molecule has 0 fully saturated rings. The highest BCUT2D eigenvalue weighted by Gasteiger charge is 2.04. The number of benzene rings is 2. The van der Waals surface area contributed by atoms with Gasteiger partial charge in [-0.3, -0.25) is 4.21 Å². The molecule has 0 aromatic heterocycles.